The van der Waals surface area contributed by atoms with Gasteiger partial charge < -0.3 is 11.1 Å². The van der Waals surface area contributed by atoms with Crippen LogP contribution in [0.2, 0.25) is 0 Å². The maximum absolute atomic E-state index is 14.0. The van der Waals surface area contributed by atoms with Crippen molar-refractivity contribution in [2.24, 2.45) is 0 Å². The van der Waals surface area contributed by atoms with Crippen molar-refractivity contribution in [3.63, 3.8) is 0 Å². The fraction of sp³-hybridized carbons (Fsp3) is 0.286. The zero-order chi connectivity index (χ0) is 13.8. The lowest BCUT2D eigenvalue weighted by Crippen LogP contribution is -2.11. The van der Waals surface area contributed by atoms with Crippen LogP contribution >= 0.6 is 0 Å². The van der Waals surface area contributed by atoms with Crippen molar-refractivity contribution < 1.29 is 4.39 Å². The molecule has 0 saturated heterocycles. The second-order valence-corrected chi connectivity index (χ2v) is 4.37. The largest absolute Gasteiger partial charge is 0.399 e. The summed E-state index contributed by atoms with van der Waals surface area (Å²) in [5.41, 5.74) is 7.82. The van der Waals surface area contributed by atoms with E-state index in [2.05, 4.69) is 15.3 Å². The smallest absolute Gasteiger partial charge is 0.186 e. The van der Waals surface area contributed by atoms with Gasteiger partial charge in [0.25, 0.3) is 0 Å². The number of nitrogens with two attached hydrogens (primary N) is 1. The van der Waals surface area contributed by atoms with Gasteiger partial charge in [-0.15, -0.1) is 0 Å². The highest BCUT2D eigenvalue weighted by atomic mass is 19.1. The van der Waals surface area contributed by atoms with E-state index in [-0.39, 0.29) is 17.7 Å². The third-order valence-electron chi connectivity index (χ3n) is 2.96. The van der Waals surface area contributed by atoms with Gasteiger partial charge in [0, 0.05) is 5.69 Å². The van der Waals surface area contributed by atoms with Crippen LogP contribution in [0, 0.1) is 5.82 Å². The summed E-state index contributed by atoms with van der Waals surface area (Å²) in [5, 5.41) is 3.05. The Balaban J connectivity index is 2.21. The molecular weight excluding hydrogens is 243 g/mol. The molecule has 1 atom stereocenters. The highest BCUT2D eigenvalue weighted by Crippen LogP contribution is 2.22. The number of nitrogens with zero attached hydrogens (tertiary/aromatic N) is 2. The third-order valence-corrected chi connectivity index (χ3v) is 2.96. The molecule has 0 radical (unpaired) electrons. The van der Waals surface area contributed by atoms with Gasteiger partial charge in [-0.2, -0.15) is 0 Å². The molecule has 4 nitrogen and oxygen atoms in total. The van der Waals surface area contributed by atoms with Crippen LogP contribution in [0.4, 0.5) is 15.9 Å². The first-order chi connectivity index (χ1) is 9.11. The van der Waals surface area contributed by atoms with Gasteiger partial charge in [-0.05, 0) is 31.0 Å². The van der Waals surface area contributed by atoms with Crippen LogP contribution in [0.3, 0.4) is 0 Å². The molecule has 0 aliphatic rings. The second kappa shape index (κ2) is 5.65. The van der Waals surface area contributed by atoms with Gasteiger partial charge in [-0.25, -0.2) is 14.4 Å². The van der Waals surface area contributed by atoms with Crippen LogP contribution in [0.1, 0.15) is 31.1 Å². The van der Waals surface area contributed by atoms with Gasteiger partial charge in [-0.1, -0.05) is 19.1 Å². The lowest BCUT2D eigenvalue weighted by atomic mass is 10.1. The molecule has 100 valence electrons. The topological polar surface area (TPSA) is 63.8 Å². The highest BCUT2D eigenvalue weighted by molar-refractivity contribution is 5.45. The van der Waals surface area contributed by atoms with Crippen LogP contribution < -0.4 is 11.1 Å². The first-order valence-corrected chi connectivity index (χ1v) is 6.23. The molecule has 0 aliphatic carbocycles. The molecule has 0 spiro atoms. The average Bonchev–Trinajstić information content (AvgIpc) is 2.41. The molecule has 2 aromatic rings. The molecule has 2 rings (SSSR count). The minimum atomic E-state index is -0.388. The average molecular weight is 260 g/mol. The molecule has 1 aromatic carbocycles. The first-order valence-electron chi connectivity index (χ1n) is 6.23. The predicted octanol–water partition coefficient (Wildman–Crippen LogP) is 2.93. The van der Waals surface area contributed by atoms with E-state index in [1.807, 2.05) is 38.1 Å². The predicted molar refractivity (Wildman–Crippen MR) is 74.3 cm³/mol. The number of nitrogens with one attached hydrogen (secondary N) is 1. The molecule has 5 heteroatoms. The number of aromatic nitrogens is 2. The van der Waals surface area contributed by atoms with E-state index in [1.165, 1.54) is 6.33 Å². The van der Waals surface area contributed by atoms with E-state index in [9.17, 15) is 4.39 Å². The van der Waals surface area contributed by atoms with Crippen LogP contribution in [0.15, 0.2) is 30.6 Å². The number of aryl methyl sites for hydroxylation is 1. The molecular formula is C14H17FN4. The van der Waals surface area contributed by atoms with Gasteiger partial charge in [0.2, 0.25) is 0 Å². The van der Waals surface area contributed by atoms with Crippen molar-refractivity contribution in [2.45, 2.75) is 26.3 Å². The molecule has 3 N–H and O–H groups in total. The Morgan fingerprint density at radius 2 is 2.16 bits per heavy atom. The third kappa shape index (κ3) is 2.99. The molecule has 1 unspecified atom stereocenters. The molecule has 0 bridgehead atoms. The number of halogens is 1. The SMILES string of the molecule is CCc1ncnc(NC(C)c2cccc(N)c2)c1F. The number of hydrogen-bond donors (Lipinski definition) is 2. The van der Waals surface area contributed by atoms with Gasteiger partial charge in [0.15, 0.2) is 11.6 Å². The minimum absolute atomic E-state index is 0.0855. The summed E-state index contributed by atoms with van der Waals surface area (Å²) < 4.78 is 14.0. The fourth-order valence-corrected chi connectivity index (χ4v) is 1.87. The summed E-state index contributed by atoms with van der Waals surface area (Å²) in [6.07, 6.45) is 1.91. The lowest BCUT2D eigenvalue weighted by Gasteiger charge is -2.16. The molecule has 1 aromatic heterocycles. The number of nitrogen functional groups attached to an aromatic ring is 1. The van der Waals surface area contributed by atoms with Crippen molar-refractivity contribution in [2.75, 3.05) is 11.1 Å². The van der Waals surface area contributed by atoms with E-state index >= 15 is 0 Å². The van der Waals surface area contributed by atoms with Crippen molar-refractivity contribution in [1.82, 2.24) is 9.97 Å². The zero-order valence-electron chi connectivity index (χ0n) is 11.0. The fourth-order valence-electron chi connectivity index (χ4n) is 1.87. The van der Waals surface area contributed by atoms with E-state index in [0.717, 1.165) is 5.56 Å². The van der Waals surface area contributed by atoms with Crippen molar-refractivity contribution in [3.8, 4) is 0 Å². The summed E-state index contributed by atoms with van der Waals surface area (Å²) in [7, 11) is 0. The highest BCUT2D eigenvalue weighted by Gasteiger charge is 2.13. The molecule has 19 heavy (non-hydrogen) atoms. The van der Waals surface area contributed by atoms with Crippen molar-refractivity contribution >= 4 is 11.5 Å². The Kier molecular flexibility index (Phi) is 3.94. The van der Waals surface area contributed by atoms with E-state index < -0.39 is 0 Å². The lowest BCUT2D eigenvalue weighted by molar-refractivity contribution is 0.594. The Labute approximate surface area is 111 Å². The van der Waals surface area contributed by atoms with Gasteiger partial charge in [0.05, 0.1) is 11.7 Å². The quantitative estimate of drug-likeness (QED) is 0.830. The normalized spacial score (nSPS) is 12.2. The first kappa shape index (κ1) is 13.3. The maximum atomic E-state index is 14.0. The minimum Gasteiger partial charge on any atom is -0.399 e. The monoisotopic (exact) mass is 260 g/mol. The van der Waals surface area contributed by atoms with E-state index in [1.54, 1.807) is 0 Å². The Morgan fingerprint density at radius 1 is 1.37 bits per heavy atom. The Morgan fingerprint density at radius 3 is 2.84 bits per heavy atom. The summed E-state index contributed by atoms with van der Waals surface area (Å²) >= 11 is 0. The molecule has 0 fully saturated rings. The molecule has 1 heterocycles. The summed E-state index contributed by atoms with van der Waals surface area (Å²) in [6, 6.07) is 7.40. The van der Waals surface area contributed by atoms with E-state index in [4.69, 9.17) is 5.73 Å². The van der Waals surface area contributed by atoms with Crippen LogP contribution in [0.25, 0.3) is 0 Å². The van der Waals surface area contributed by atoms with Crippen LogP contribution in [0.5, 0.6) is 0 Å². The number of anilines is 2. The van der Waals surface area contributed by atoms with Crippen molar-refractivity contribution in [1.29, 1.82) is 0 Å². The Bertz CT molecular complexity index is 571. The van der Waals surface area contributed by atoms with Crippen LogP contribution in [-0.4, -0.2) is 9.97 Å². The second-order valence-electron chi connectivity index (χ2n) is 4.37. The van der Waals surface area contributed by atoms with Gasteiger partial charge >= 0.3 is 0 Å². The molecule has 0 saturated carbocycles. The number of hydrogen-bond acceptors (Lipinski definition) is 4. The summed E-state index contributed by atoms with van der Waals surface area (Å²) in [6.45, 7) is 3.79. The van der Waals surface area contributed by atoms with E-state index in [0.29, 0.717) is 17.8 Å². The standard InChI is InChI=1S/C14H17FN4/c1-3-12-13(15)14(18-8-17-12)19-9(2)10-5-4-6-11(16)7-10/h4-9H,3,16H2,1-2H3,(H,17,18,19). The molecule has 0 amide bonds. The summed E-state index contributed by atoms with van der Waals surface area (Å²) in [5.74, 6) is -0.164. The summed E-state index contributed by atoms with van der Waals surface area (Å²) in [4.78, 5) is 7.85. The number of rotatable bonds is 4. The van der Waals surface area contributed by atoms with Crippen molar-refractivity contribution in [3.05, 3.63) is 47.7 Å². The van der Waals surface area contributed by atoms with Gasteiger partial charge in [0.1, 0.15) is 6.33 Å². The van der Waals surface area contributed by atoms with Gasteiger partial charge in [-0.3, -0.25) is 0 Å². The van der Waals surface area contributed by atoms with Crippen LogP contribution in [-0.2, 0) is 6.42 Å². The Hall–Kier alpha value is -2.17. The number of benzene rings is 1. The zero-order valence-corrected chi connectivity index (χ0v) is 11.0. The molecule has 0 aliphatic heterocycles. The maximum Gasteiger partial charge on any atom is 0.186 e.